The maximum Gasteiger partial charge on any atom is 0.262 e. The standard InChI is InChI=1S/C29H24N4O4S/c1-32(16-19-2-9-25-26(14-19)31-12-11-30-25)28(36)21-3-5-22(6-4-21)33(17-20-10-13-38-18-20)29(37)24-8-7-23(34)15-27(24)35/h2-15,18,34-35H,16-17H2,1H3. The van der Waals surface area contributed by atoms with Gasteiger partial charge in [-0.05, 0) is 76.5 Å². The molecule has 0 aliphatic heterocycles. The fourth-order valence-electron chi connectivity index (χ4n) is 4.15. The van der Waals surface area contributed by atoms with E-state index in [1.807, 2.05) is 35.0 Å². The zero-order chi connectivity index (χ0) is 26.6. The van der Waals surface area contributed by atoms with E-state index in [-0.39, 0.29) is 29.5 Å². The Morgan fingerprint density at radius 3 is 2.29 bits per heavy atom. The van der Waals surface area contributed by atoms with Gasteiger partial charge in [-0.15, -0.1) is 0 Å². The fraction of sp³-hybridized carbons (Fsp3) is 0.103. The summed E-state index contributed by atoms with van der Waals surface area (Å²) in [7, 11) is 1.73. The number of aromatic hydroxyl groups is 2. The third kappa shape index (κ3) is 5.33. The van der Waals surface area contributed by atoms with Gasteiger partial charge in [0.05, 0.1) is 23.1 Å². The molecule has 0 saturated heterocycles. The molecule has 8 nitrogen and oxygen atoms in total. The maximum atomic E-state index is 13.4. The van der Waals surface area contributed by atoms with Gasteiger partial charge in [0, 0.05) is 43.3 Å². The van der Waals surface area contributed by atoms with Crippen LogP contribution in [0.25, 0.3) is 11.0 Å². The van der Waals surface area contributed by atoms with Crippen molar-refractivity contribution in [3.63, 3.8) is 0 Å². The Balaban J connectivity index is 1.36. The summed E-state index contributed by atoms with van der Waals surface area (Å²) < 4.78 is 0. The summed E-state index contributed by atoms with van der Waals surface area (Å²) in [5.74, 6) is -1.03. The number of benzene rings is 3. The van der Waals surface area contributed by atoms with Crippen molar-refractivity contribution in [2.75, 3.05) is 11.9 Å². The van der Waals surface area contributed by atoms with Crippen LogP contribution in [0, 0.1) is 0 Å². The molecule has 0 aliphatic rings. The van der Waals surface area contributed by atoms with Crippen LogP contribution in [-0.2, 0) is 13.1 Å². The number of amides is 2. The summed E-state index contributed by atoms with van der Waals surface area (Å²) in [4.78, 5) is 38.3. The highest BCUT2D eigenvalue weighted by Gasteiger charge is 2.22. The van der Waals surface area contributed by atoms with Gasteiger partial charge < -0.3 is 20.0 Å². The van der Waals surface area contributed by atoms with Gasteiger partial charge in [-0.25, -0.2) is 0 Å². The molecule has 0 spiro atoms. The SMILES string of the molecule is CN(Cc1ccc2nccnc2c1)C(=O)c1ccc(N(Cc2ccsc2)C(=O)c2ccc(O)cc2O)cc1. The molecule has 0 aliphatic carbocycles. The Bertz CT molecular complexity index is 1600. The lowest BCUT2D eigenvalue weighted by molar-refractivity contribution is 0.0785. The minimum Gasteiger partial charge on any atom is -0.508 e. The summed E-state index contributed by atoms with van der Waals surface area (Å²) in [6.45, 7) is 0.677. The van der Waals surface area contributed by atoms with Gasteiger partial charge in [-0.3, -0.25) is 19.6 Å². The highest BCUT2D eigenvalue weighted by Crippen LogP contribution is 2.28. The van der Waals surface area contributed by atoms with Crippen LogP contribution in [0.4, 0.5) is 5.69 Å². The van der Waals surface area contributed by atoms with Gasteiger partial charge in [-0.1, -0.05) is 6.07 Å². The molecular formula is C29H24N4O4S. The second kappa shape index (κ2) is 10.7. The number of phenolic OH excluding ortho intramolecular Hbond substituents is 2. The Kier molecular flexibility index (Phi) is 7.01. The average molecular weight is 525 g/mol. The summed E-state index contributed by atoms with van der Waals surface area (Å²) in [5.41, 5.74) is 4.55. The molecule has 0 saturated carbocycles. The number of hydrogen-bond acceptors (Lipinski definition) is 7. The van der Waals surface area contributed by atoms with Crippen molar-refractivity contribution in [1.82, 2.24) is 14.9 Å². The molecule has 0 bridgehead atoms. The van der Waals surface area contributed by atoms with Crippen LogP contribution in [0.2, 0.25) is 0 Å². The van der Waals surface area contributed by atoms with Crippen molar-refractivity contribution < 1.29 is 19.8 Å². The molecule has 0 radical (unpaired) electrons. The molecule has 5 rings (SSSR count). The predicted octanol–water partition coefficient (Wildman–Crippen LogP) is 5.22. The van der Waals surface area contributed by atoms with E-state index in [9.17, 15) is 19.8 Å². The number of fused-ring (bicyclic) bond motifs is 1. The zero-order valence-electron chi connectivity index (χ0n) is 20.5. The molecule has 2 aromatic heterocycles. The molecule has 0 fully saturated rings. The van der Waals surface area contributed by atoms with Crippen LogP contribution in [0.5, 0.6) is 11.5 Å². The van der Waals surface area contributed by atoms with E-state index in [0.29, 0.717) is 17.8 Å². The van der Waals surface area contributed by atoms with Crippen molar-refractivity contribution in [3.8, 4) is 11.5 Å². The molecule has 2 amide bonds. The predicted molar refractivity (Wildman–Crippen MR) is 146 cm³/mol. The lowest BCUT2D eigenvalue weighted by atomic mass is 10.1. The lowest BCUT2D eigenvalue weighted by Gasteiger charge is -2.24. The van der Waals surface area contributed by atoms with Crippen LogP contribution >= 0.6 is 11.3 Å². The van der Waals surface area contributed by atoms with Gasteiger partial charge in [0.25, 0.3) is 11.8 Å². The molecule has 9 heteroatoms. The first kappa shape index (κ1) is 24.9. The zero-order valence-corrected chi connectivity index (χ0v) is 21.3. The number of carbonyl (C=O) groups excluding carboxylic acids is 2. The van der Waals surface area contributed by atoms with Crippen molar-refractivity contribution >= 4 is 39.9 Å². The normalized spacial score (nSPS) is 10.9. The van der Waals surface area contributed by atoms with Gasteiger partial charge in [0.15, 0.2) is 0 Å². The van der Waals surface area contributed by atoms with Crippen LogP contribution < -0.4 is 4.90 Å². The third-order valence-electron chi connectivity index (χ3n) is 6.10. The maximum absolute atomic E-state index is 13.4. The summed E-state index contributed by atoms with van der Waals surface area (Å²) in [6.07, 6.45) is 3.28. The van der Waals surface area contributed by atoms with Crippen molar-refractivity contribution in [2.24, 2.45) is 0 Å². The first-order valence-electron chi connectivity index (χ1n) is 11.8. The van der Waals surface area contributed by atoms with Gasteiger partial charge in [-0.2, -0.15) is 11.3 Å². The van der Waals surface area contributed by atoms with Crippen LogP contribution in [0.1, 0.15) is 31.8 Å². The highest BCUT2D eigenvalue weighted by molar-refractivity contribution is 7.07. The van der Waals surface area contributed by atoms with E-state index in [4.69, 9.17) is 0 Å². The van der Waals surface area contributed by atoms with E-state index < -0.39 is 5.91 Å². The number of hydrogen-bond donors (Lipinski definition) is 2. The van der Waals surface area contributed by atoms with Crippen molar-refractivity contribution in [2.45, 2.75) is 13.1 Å². The van der Waals surface area contributed by atoms with Crippen LogP contribution in [0.15, 0.2) is 89.9 Å². The smallest absolute Gasteiger partial charge is 0.262 e. The number of phenols is 2. The number of aromatic nitrogens is 2. The first-order chi connectivity index (χ1) is 18.4. The minimum absolute atomic E-state index is 0.0676. The molecule has 5 aromatic rings. The monoisotopic (exact) mass is 524 g/mol. The second-order valence-electron chi connectivity index (χ2n) is 8.81. The van der Waals surface area contributed by atoms with E-state index in [1.54, 1.807) is 48.6 Å². The van der Waals surface area contributed by atoms with E-state index >= 15 is 0 Å². The minimum atomic E-state index is -0.427. The molecule has 0 atom stereocenters. The molecular weight excluding hydrogens is 500 g/mol. The molecule has 38 heavy (non-hydrogen) atoms. The molecule has 3 aromatic carbocycles. The van der Waals surface area contributed by atoms with E-state index in [1.165, 1.54) is 28.4 Å². The van der Waals surface area contributed by atoms with Gasteiger partial charge in [0.2, 0.25) is 0 Å². The first-order valence-corrected chi connectivity index (χ1v) is 12.7. The molecule has 2 heterocycles. The van der Waals surface area contributed by atoms with Crippen LogP contribution in [-0.4, -0.2) is 43.9 Å². The third-order valence-corrected chi connectivity index (χ3v) is 6.84. The Morgan fingerprint density at radius 2 is 1.58 bits per heavy atom. The number of carbonyl (C=O) groups is 2. The van der Waals surface area contributed by atoms with Gasteiger partial charge >= 0.3 is 0 Å². The Hall–Kier alpha value is -4.76. The van der Waals surface area contributed by atoms with Crippen LogP contribution in [0.3, 0.4) is 0 Å². The van der Waals surface area contributed by atoms with Crippen molar-refractivity contribution in [3.05, 3.63) is 112 Å². The summed E-state index contributed by atoms with van der Waals surface area (Å²) >= 11 is 1.52. The fourth-order valence-corrected chi connectivity index (χ4v) is 4.81. The molecule has 0 unspecified atom stereocenters. The van der Waals surface area contributed by atoms with Gasteiger partial charge in [0.1, 0.15) is 11.5 Å². The number of nitrogens with zero attached hydrogens (tertiary/aromatic N) is 4. The lowest BCUT2D eigenvalue weighted by Crippen LogP contribution is -2.30. The van der Waals surface area contributed by atoms with E-state index in [0.717, 1.165) is 28.2 Å². The van der Waals surface area contributed by atoms with Crippen molar-refractivity contribution in [1.29, 1.82) is 0 Å². The Labute approximate surface area is 223 Å². The quantitative estimate of drug-likeness (QED) is 0.302. The largest absolute Gasteiger partial charge is 0.508 e. The Morgan fingerprint density at radius 1 is 0.816 bits per heavy atom. The number of rotatable bonds is 7. The molecule has 2 N–H and O–H groups in total. The number of anilines is 1. The molecule has 190 valence electrons. The summed E-state index contributed by atoms with van der Waals surface area (Å²) in [5, 5.41) is 23.8. The number of thiophene rings is 1. The highest BCUT2D eigenvalue weighted by atomic mass is 32.1. The second-order valence-corrected chi connectivity index (χ2v) is 9.59. The topological polar surface area (TPSA) is 107 Å². The summed E-state index contributed by atoms with van der Waals surface area (Å²) in [6, 6.07) is 18.3. The average Bonchev–Trinajstić information content (AvgIpc) is 3.44. The van der Waals surface area contributed by atoms with E-state index in [2.05, 4.69) is 9.97 Å².